The van der Waals surface area contributed by atoms with Gasteiger partial charge in [0.1, 0.15) is 0 Å². The highest BCUT2D eigenvalue weighted by Gasteiger charge is 2.02. The van der Waals surface area contributed by atoms with Gasteiger partial charge in [-0.15, -0.1) is 0 Å². The first-order chi connectivity index (χ1) is 9.06. The quantitative estimate of drug-likeness (QED) is 0.835. The Morgan fingerprint density at radius 3 is 2.53 bits per heavy atom. The first-order valence-electron chi connectivity index (χ1n) is 6.82. The largest absolute Gasteiger partial charge is 0.312 e. The summed E-state index contributed by atoms with van der Waals surface area (Å²) in [6.45, 7) is 8.41. The first kappa shape index (κ1) is 13.8. The van der Waals surface area contributed by atoms with Gasteiger partial charge in [0.05, 0.1) is 5.69 Å². The molecule has 1 heterocycles. The summed E-state index contributed by atoms with van der Waals surface area (Å²) in [4.78, 5) is 0. The lowest BCUT2D eigenvalue weighted by Gasteiger charge is -2.10. The van der Waals surface area contributed by atoms with Gasteiger partial charge in [0, 0.05) is 32.8 Å². The first-order valence-corrected chi connectivity index (χ1v) is 6.82. The Morgan fingerprint density at radius 2 is 1.84 bits per heavy atom. The highest BCUT2D eigenvalue weighted by molar-refractivity contribution is 5.36. The zero-order chi connectivity index (χ0) is 13.8. The summed E-state index contributed by atoms with van der Waals surface area (Å²) in [5.41, 5.74) is 6.64. The van der Waals surface area contributed by atoms with E-state index in [0.29, 0.717) is 0 Å². The molecule has 0 aliphatic heterocycles. The average molecular weight is 257 g/mol. The van der Waals surface area contributed by atoms with Gasteiger partial charge in [-0.3, -0.25) is 4.68 Å². The lowest BCUT2D eigenvalue weighted by molar-refractivity contribution is 0.663. The van der Waals surface area contributed by atoms with Gasteiger partial charge in [-0.05, 0) is 49.1 Å². The molecule has 102 valence electrons. The number of hydrogen-bond acceptors (Lipinski definition) is 2. The third-order valence-electron chi connectivity index (χ3n) is 3.59. The number of nitrogens with one attached hydrogen (secondary N) is 1. The number of aryl methyl sites for hydroxylation is 4. The van der Waals surface area contributed by atoms with E-state index in [9.17, 15) is 0 Å². The van der Waals surface area contributed by atoms with Crippen molar-refractivity contribution in [1.82, 2.24) is 15.1 Å². The Hall–Kier alpha value is -1.61. The van der Waals surface area contributed by atoms with E-state index >= 15 is 0 Å². The van der Waals surface area contributed by atoms with Crippen LogP contribution in [0.5, 0.6) is 0 Å². The molecule has 0 amide bonds. The van der Waals surface area contributed by atoms with Crippen LogP contribution in [-0.4, -0.2) is 16.3 Å². The third-order valence-corrected chi connectivity index (χ3v) is 3.59. The Morgan fingerprint density at radius 1 is 1.11 bits per heavy atom. The fourth-order valence-corrected chi connectivity index (χ4v) is 2.25. The van der Waals surface area contributed by atoms with E-state index in [4.69, 9.17) is 0 Å². The van der Waals surface area contributed by atoms with Crippen LogP contribution in [0.15, 0.2) is 24.4 Å². The van der Waals surface area contributed by atoms with Crippen LogP contribution in [-0.2, 0) is 20.0 Å². The van der Waals surface area contributed by atoms with Gasteiger partial charge >= 0.3 is 0 Å². The Bertz CT molecular complexity index is 555. The summed E-state index contributed by atoms with van der Waals surface area (Å²) < 4.78 is 1.85. The molecule has 0 aliphatic carbocycles. The molecule has 2 aromatic rings. The van der Waals surface area contributed by atoms with Crippen LogP contribution in [0, 0.1) is 20.8 Å². The molecule has 1 N–H and O–H groups in total. The van der Waals surface area contributed by atoms with E-state index < -0.39 is 0 Å². The molecule has 0 spiro atoms. The minimum Gasteiger partial charge on any atom is -0.312 e. The molecule has 0 radical (unpaired) electrons. The maximum atomic E-state index is 4.38. The van der Waals surface area contributed by atoms with Crippen LogP contribution in [0.1, 0.15) is 27.9 Å². The monoisotopic (exact) mass is 257 g/mol. The van der Waals surface area contributed by atoms with Crippen LogP contribution in [0.25, 0.3) is 0 Å². The molecule has 1 aromatic carbocycles. The van der Waals surface area contributed by atoms with Gasteiger partial charge in [0.15, 0.2) is 0 Å². The molecule has 3 heteroatoms. The van der Waals surface area contributed by atoms with Crippen LogP contribution < -0.4 is 5.32 Å². The van der Waals surface area contributed by atoms with E-state index in [2.05, 4.69) is 49.4 Å². The van der Waals surface area contributed by atoms with Crippen molar-refractivity contribution in [3.63, 3.8) is 0 Å². The maximum Gasteiger partial charge on any atom is 0.0637 e. The molecule has 0 fully saturated rings. The van der Waals surface area contributed by atoms with Crippen molar-refractivity contribution in [1.29, 1.82) is 0 Å². The van der Waals surface area contributed by atoms with Crippen molar-refractivity contribution in [2.75, 3.05) is 6.54 Å². The topological polar surface area (TPSA) is 29.9 Å². The number of benzene rings is 1. The van der Waals surface area contributed by atoms with Crippen molar-refractivity contribution in [3.05, 3.63) is 52.3 Å². The summed E-state index contributed by atoms with van der Waals surface area (Å²) in [5.74, 6) is 0. The van der Waals surface area contributed by atoms with E-state index in [0.717, 1.165) is 25.2 Å². The molecule has 3 nitrogen and oxygen atoms in total. The van der Waals surface area contributed by atoms with Gasteiger partial charge < -0.3 is 5.32 Å². The lowest BCUT2D eigenvalue weighted by Crippen LogP contribution is -2.17. The molecule has 0 unspecified atom stereocenters. The summed E-state index contributed by atoms with van der Waals surface area (Å²) in [7, 11) is 1.95. The van der Waals surface area contributed by atoms with Crippen LogP contribution in [0.2, 0.25) is 0 Å². The van der Waals surface area contributed by atoms with Crippen molar-refractivity contribution in [3.8, 4) is 0 Å². The molecule has 0 saturated heterocycles. The predicted molar refractivity (Wildman–Crippen MR) is 79.3 cm³/mol. The molecule has 0 bridgehead atoms. The van der Waals surface area contributed by atoms with Crippen LogP contribution in [0.4, 0.5) is 0 Å². The molecule has 0 saturated carbocycles. The van der Waals surface area contributed by atoms with Crippen molar-refractivity contribution < 1.29 is 0 Å². The predicted octanol–water partition coefficient (Wildman–Crippen LogP) is 2.68. The molecule has 19 heavy (non-hydrogen) atoms. The van der Waals surface area contributed by atoms with E-state index in [1.54, 1.807) is 0 Å². The summed E-state index contributed by atoms with van der Waals surface area (Å²) in [5, 5.41) is 7.87. The van der Waals surface area contributed by atoms with Crippen LogP contribution >= 0.6 is 0 Å². The smallest absolute Gasteiger partial charge is 0.0637 e. The highest BCUT2D eigenvalue weighted by atomic mass is 15.2. The maximum absolute atomic E-state index is 4.38. The van der Waals surface area contributed by atoms with E-state index in [1.807, 2.05) is 17.9 Å². The van der Waals surface area contributed by atoms with Crippen molar-refractivity contribution >= 4 is 0 Å². The summed E-state index contributed by atoms with van der Waals surface area (Å²) in [6.07, 6.45) is 2.97. The van der Waals surface area contributed by atoms with E-state index in [1.165, 1.54) is 22.3 Å². The van der Waals surface area contributed by atoms with Gasteiger partial charge in [-0.25, -0.2) is 0 Å². The van der Waals surface area contributed by atoms with Gasteiger partial charge in [0.2, 0.25) is 0 Å². The zero-order valence-electron chi connectivity index (χ0n) is 12.3. The second-order valence-electron chi connectivity index (χ2n) is 5.27. The third kappa shape index (κ3) is 3.67. The standard InChI is InChI=1S/C16H23N3/c1-12-9-14(3)15(10-13(12)2)11-17-7-5-16-6-8-19(4)18-16/h6,8-10,17H,5,7,11H2,1-4H3. The normalized spacial score (nSPS) is 10.9. The number of rotatable bonds is 5. The summed E-state index contributed by atoms with van der Waals surface area (Å²) >= 11 is 0. The van der Waals surface area contributed by atoms with Crippen molar-refractivity contribution in [2.45, 2.75) is 33.7 Å². The SMILES string of the molecule is Cc1cc(C)c(CNCCc2ccn(C)n2)cc1C. The molecule has 1 aromatic heterocycles. The number of hydrogen-bond donors (Lipinski definition) is 1. The van der Waals surface area contributed by atoms with Crippen LogP contribution in [0.3, 0.4) is 0 Å². The fourth-order valence-electron chi connectivity index (χ4n) is 2.25. The molecular weight excluding hydrogens is 234 g/mol. The fraction of sp³-hybridized carbons (Fsp3) is 0.438. The molecule has 2 rings (SSSR count). The Labute approximate surface area is 115 Å². The van der Waals surface area contributed by atoms with Gasteiger partial charge in [-0.1, -0.05) is 12.1 Å². The average Bonchev–Trinajstić information content (AvgIpc) is 2.77. The zero-order valence-corrected chi connectivity index (χ0v) is 12.3. The number of nitrogens with zero attached hydrogens (tertiary/aromatic N) is 2. The highest BCUT2D eigenvalue weighted by Crippen LogP contribution is 2.15. The molecule has 0 aliphatic rings. The summed E-state index contributed by atoms with van der Waals surface area (Å²) in [6, 6.07) is 6.63. The minimum absolute atomic E-state index is 0.930. The van der Waals surface area contributed by atoms with Gasteiger partial charge in [-0.2, -0.15) is 5.10 Å². The lowest BCUT2D eigenvalue weighted by atomic mass is 10.0. The van der Waals surface area contributed by atoms with Crippen molar-refractivity contribution in [2.24, 2.45) is 7.05 Å². The Balaban J connectivity index is 1.84. The van der Waals surface area contributed by atoms with E-state index in [-0.39, 0.29) is 0 Å². The Kier molecular flexibility index (Phi) is 4.38. The minimum atomic E-state index is 0.930. The molecule has 0 atom stereocenters. The number of aromatic nitrogens is 2. The van der Waals surface area contributed by atoms with Gasteiger partial charge in [0.25, 0.3) is 0 Å². The molecular formula is C16H23N3. The second-order valence-corrected chi connectivity index (χ2v) is 5.27. The second kappa shape index (κ2) is 6.02.